The van der Waals surface area contributed by atoms with Crippen LogP contribution in [0.15, 0.2) is 54.6 Å². The van der Waals surface area contributed by atoms with E-state index < -0.39 is 0 Å². The third-order valence-electron chi connectivity index (χ3n) is 3.33. The summed E-state index contributed by atoms with van der Waals surface area (Å²) in [6, 6.07) is 16.8. The molecule has 2 rings (SSSR count). The highest BCUT2D eigenvalue weighted by atomic mass is 19.1. The van der Waals surface area contributed by atoms with Gasteiger partial charge in [0.25, 0.3) is 0 Å². The molecule has 0 bridgehead atoms. The quantitative estimate of drug-likeness (QED) is 0.874. The number of nitrogens with two attached hydrogens (primary N) is 1. The van der Waals surface area contributed by atoms with E-state index in [1.54, 1.807) is 12.1 Å². The molecule has 0 saturated carbocycles. The van der Waals surface area contributed by atoms with E-state index in [2.05, 4.69) is 19.1 Å². The van der Waals surface area contributed by atoms with Crippen molar-refractivity contribution in [2.45, 2.75) is 25.3 Å². The fourth-order valence-electron chi connectivity index (χ4n) is 2.12. The van der Waals surface area contributed by atoms with Crippen molar-refractivity contribution in [3.63, 3.8) is 0 Å². The summed E-state index contributed by atoms with van der Waals surface area (Å²) < 4.78 is 13.1. The van der Waals surface area contributed by atoms with Crippen molar-refractivity contribution in [3.8, 4) is 0 Å². The molecule has 0 amide bonds. The van der Waals surface area contributed by atoms with Gasteiger partial charge in [-0.05, 0) is 35.6 Å². The minimum Gasteiger partial charge on any atom is -0.327 e. The second kappa shape index (κ2) is 5.78. The van der Waals surface area contributed by atoms with Crippen molar-refractivity contribution in [2.75, 3.05) is 0 Å². The molecule has 2 atom stereocenters. The second-order valence-corrected chi connectivity index (χ2v) is 4.70. The lowest BCUT2D eigenvalue weighted by molar-refractivity contribution is 0.560. The first-order valence-corrected chi connectivity index (χ1v) is 6.22. The summed E-state index contributed by atoms with van der Waals surface area (Å²) in [5.74, 6) is 0.0570. The molecule has 2 unspecified atom stereocenters. The van der Waals surface area contributed by atoms with Crippen LogP contribution in [-0.2, 0) is 6.42 Å². The van der Waals surface area contributed by atoms with Gasteiger partial charge >= 0.3 is 0 Å². The summed E-state index contributed by atoms with van der Waals surface area (Å²) in [6.45, 7) is 2.11. The molecular weight excluding hydrogens is 225 g/mol. The molecule has 0 aliphatic heterocycles. The van der Waals surface area contributed by atoms with Gasteiger partial charge in [-0.25, -0.2) is 4.39 Å². The molecule has 0 saturated heterocycles. The molecule has 0 fully saturated rings. The Morgan fingerprint density at radius 3 is 2.44 bits per heavy atom. The summed E-state index contributed by atoms with van der Waals surface area (Å²) in [5, 5.41) is 0. The Hall–Kier alpha value is -1.67. The molecule has 0 aliphatic rings. The van der Waals surface area contributed by atoms with Crippen LogP contribution in [0.25, 0.3) is 0 Å². The van der Waals surface area contributed by atoms with Gasteiger partial charge in [0.15, 0.2) is 0 Å². The van der Waals surface area contributed by atoms with Crippen molar-refractivity contribution in [1.29, 1.82) is 0 Å². The fraction of sp³-hybridized carbons (Fsp3) is 0.250. The Morgan fingerprint density at radius 2 is 1.78 bits per heavy atom. The van der Waals surface area contributed by atoms with E-state index in [-0.39, 0.29) is 17.8 Å². The zero-order valence-corrected chi connectivity index (χ0v) is 10.5. The Balaban J connectivity index is 2.06. The van der Waals surface area contributed by atoms with Crippen LogP contribution < -0.4 is 5.73 Å². The maximum absolute atomic E-state index is 13.1. The molecule has 2 aromatic carbocycles. The van der Waals surface area contributed by atoms with Gasteiger partial charge in [0.05, 0.1) is 0 Å². The fourth-order valence-corrected chi connectivity index (χ4v) is 2.12. The lowest BCUT2D eigenvalue weighted by Gasteiger charge is -2.20. The topological polar surface area (TPSA) is 26.0 Å². The smallest absolute Gasteiger partial charge is 0.123 e. The predicted octanol–water partition coefficient (Wildman–Crippen LogP) is 3.50. The monoisotopic (exact) mass is 243 g/mol. The van der Waals surface area contributed by atoms with Crippen LogP contribution in [0.2, 0.25) is 0 Å². The zero-order valence-electron chi connectivity index (χ0n) is 10.5. The third-order valence-corrected chi connectivity index (χ3v) is 3.33. The van der Waals surface area contributed by atoms with Gasteiger partial charge in [-0.1, -0.05) is 49.4 Å². The minimum absolute atomic E-state index is 0.00537. The zero-order chi connectivity index (χ0) is 13.0. The van der Waals surface area contributed by atoms with Crippen LogP contribution in [0.3, 0.4) is 0 Å². The molecule has 1 nitrogen and oxygen atoms in total. The normalized spacial score (nSPS) is 14.2. The lowest BCUT2D eigenvalue weighted by atomic mass is 9.90. The van der Waals surface area contributed by atoms with Gasteiger partial charge in [-0.15, -0.1) is 0 Å². The van der Waals surface area contributed by atoms with Gasteiger partial charge in [-0.3, -0.25) is 0 Å². The maximum atomic E-state index is 13.1. The van der Waals surface area contributed by atoms with Crippen LogP contribution in [-0.4, -0.2) is 6.04 Å². The van der Waals surface area contributed by atoms with Gasteiger partial charge < -0.3 is 5.73 Å². The average Bonchev–Trinajstić information content (AvgIpc) is 2.39. The predicted molar refractivity (Wildman–Crippen MR) is 72.9 cm³/mol. The van der Waals surface area contributed by atoms with E-state index in [1.807, 2.05) is 24.3 Å². The summed E-state index contributed by atoms with van der Waals surface area (Å²) in [4.78, 5) is 0. The maximum Gasteiger partial charge on any atom is 0.123 e. The van der Waals surface area contributed by atoms with Crippen molar-refractivity contribution >= 4 is 0 Å². The van der Waals surface area contributed by atoms with Crippen LogP contribution in [0.1, 0.15) is 24.0 Å². The van der Waals surface area contributed by atoms with E-state index in [0.29, 0.717) is 6.42 Å². The largest absolute Gasteiger partial charge is 0.327 e. The number of rotatable bonds is 4. The minimum atomic E-state index is -0.202. The van der Waals surface area contributed by atoms with Gasteiger partial charge in [0.1, 0.15) is 5.82 Å². The first kappa shape index (κ1) is 12.8. The standard InChI is InChI=1S/C16H18FN/c1-12(14-7-3-2-4-8-14)16(18)11-13-6-5-9-15(17)10-13/h2-10,12,16H,11,18H2,1H3. The van der Waals surface area contributed by atoms with Gasteiger partial charge in [0, 0.05) is 6.04 Å². The average molecular weight is 243 g/mol. The molecule has 0 aliphatic carbocycles. The highest BCUT2D eigenvalue weighted by Crippen LogP contribution is 2.20. The Labute approximate surface area is 107 Å². The molecular formula is C16H18FN. The van der Waals surface area contributed by atoms with Crippen LogP contribution in [0.5, 0.6) is 0 Å². The lowest BCUT2D eigenvalue weighted by Crippen LogP contribution is -2.29. The Bertz CT molecular complexity index is 495. The number of hydrogen-bond acceptors (Lipinski definition) is 1. The molecule has 2 heteroatoms. The van der Waals surface area contributed by atoms with E-state index in [4.69, 9.17) is 5.73 Å². The SMILES string of the molecule is CC(c1ccccc1)C(N)Cc1cccc(F)c1. The number of hydrogen-bond donors (Lipinski definition) is 1. The summed E-state index contributed by atoms with van der Waals surface area (Å²) >= 11 is 0. The molecule has 0 spiro atoms. The molecule has 18 heavy (non-hydrogen) atoms. The molecule has 2 aromatic rings. The van der Waals surface area contributed by atoms with E-state index in [1.165, 1.54) is 11.6 Å². The van der Waals surface area contributed by atoms with E-state index >= 15 is 0 Å². The van der Waals surface area contributed by atoms with Gasteiger partial charge in [0.2, 0.25) is 0 Å². The molecule has 0 aromatic heterocycles. The van der Waals surface area contributed by atoms with Crippen LogP contribution in [0.4, 0.5) is 4.39 Å². The first-order chi connectivity index (χ1) is 8.66. The molecule has 0 radical (unpaired) electrons. The van der Waals surface area contributed by atoms with Crippen molar-refractivity contribution in [1.82, 2.24) is 0 Å². The summed E-state index contributed by atoms with van der Waals surface area (Å²) in [7, 11) is 0. The summed E-state index contributed by atoms with van der Waals surface area (Å²) in [6.07, 6.45) is 0.688. The Kier molecular flexibility index (Phi) is 4.11. The van der Waals surface area contributed by atoms with E-state index in [0.717, 1.165) is 5.56 Å². The molecule has 2 N–H and O–H groups in total. The number of benzene rings is 2. The van der Waals surface area contributed by atoms with E-state index in [9.17, 15) is 4.39 Å². The van der Waals surface area contributed by atoms with Gasteiger partial charge in [-0.2, -0.15) is 0 Å². The molecule has 94 valence electrons. The highest BCUT2D eigenvalue weighted by molar-refractivity contribution is 5.23. The first-order valence-electron chi connectivity index (χ1n) is 6.22. The van der Waals surface area contributed by atoms with Crippen molar-refractivity contribution in [3.05, 3.63) is 71.5 Å². The number of halogens is 1. The highest BCUT2D eigenvalue weighted by Gasteiger charge is 2.15. The van der Waals surface area contributed by atoms with Crippen molar-refractivity contribution in [2.24, 2.45) is 5.73 Å². The summed E-state index contributed by atoms with van der Waals surface area (Å²) in [5.41, 5.74) is 8.38. The van der Waals surface area contributed by atoms with Crippen LogP contribution >= 0.6 is 0 Å². The Morgan fingerprint density at radius 1 is 1.06 bits per heavy atom. The second-order valence-electron chi connectivity index (χ2n) is 4.70. The molecule has 0 heterocycles. The third kappa shape index (κ3) is 3.17. The van der Waals surface area contributed by atoms with Crippen LogP contribution in [0, 0.1) is 5.82 Å². The van der Waals surface area contributed by atoms with Crippen molar-refractivity contribution < 1.29 is 4.39 Å².